The number of rotatable bonds is 5. The van der Waals surface area contributed by atoms with E-state index in [1.807, 2.05) is 18.2 Å². The van der Waals surface area contributed by atoms with Crippen LogP contribution in [0.15, 0.2) is 59.2 Å². The Bertz CT molecular complexity index is 827. The molecule has 2 aromatic rings. The number of ether oxygens (including phenoxy) is 2. The SMILES string of the molecule is COc1ccccc1/C=C1\N=C(CCc2ccccc2F)OC1=O. The second-order valence-corrected chi connectivity index (χ2v) is 5.26. The highest BCUT2D eigenvalue weighted by atomic mass is 19.1. The Morgan fingerprint density at radius 3 is 2.67 bits per heavy atom. The van der Waals surface area contributed by atoms with Crippen LogP contribution in [0.2, 0.25) is 0 Å². The zero-order chi connectivity index (χ0) is 16.9. The van der Waals surface area contributed by atoms with E-state index in [2.05, 4.69) is 4.99 Å². The van der Waals surface area contributed by atoms with Gasteiger partial charge in [-0.25, -0.2) is 14.2 Å². The summed E-state index contributed by atoms with van der Waals surface area (Å²) in [5.41, 5.74) is 1.52. The standard InChI is InChI=1S/C19H16FNO3/c1-23-17-9-5-3-7-14(17)12-16-19(22)24-18(21-16)11-10-13-6-2-4-8-15(13)20/h2-9,12H,10-11H2,1H3/b16-12-. The number of benzene rings is 2. The average molecular weight is 325 g/mol. The van der Waals surface area contributed by atoms with Crippen molar-refractivity contribution in [3.05, 3.63) is 71.2 Å². The van der Waals surface area contributed by atoms with Crippen LogP contribution >= 0.6 is 0 Å². The first-order valence-electron chi connectivity index (χ1n) is 7.55. The quantitative estimate of drug-likeness (QED) is 0.621. The maximum atomic E-state index is 13.6. The molecule has 0 spiro atoms. The van der Waals surface area contributed by atoms with E-state index in [1.165, 1.54) is 6.07 Å². The second kappa shape index (κ2) is 7.08. The molecule has 0 unspecified atom stereocenters. The van der Waals surface area contributed by atoms with Crippen LogP contribution in [-0.2, 0) is 16.0 Å². The van der Waals surface area contributed by atoms with Crippen molar-refractivity contribution in [1.82, 2.24) is 0 Å². The number of carbonyl (C=O) groups is 1. The first kappa shape index (κ1) is 15.9. The number of esters is 1. The van der Waals surface area contributed by atoms with Crippen LogP contribution in [0.4, 0.5) is 4.39 Å². The van der Waals surface area contributed by atoms with Gasteiger partial charge in [0.05, 0.1) is 7.11 Å². The summed E-state index contributed by atoms with van der Waals surface area (Å²) < 4.78 is 24.0. The molecular formula is C19H16FNO3. The zero-order valence-electron chi connectivity index (χ0n) is 13.2. The van der Waals surface area contributed by atoms with Crippen LogP contribution in [0.25, 0.3) is 6.08 Å². The summed E-state index contributed by atoms with van der Waals surface area (Å²) in [4.78, 5) is 16.2. The van der Waals surface area contributed by atoms with Crippen molar-refractivity contribution >= 4 is 17.9 Å². The molecule has 0 N–H and O–H groups in total. The van der Waals surface area contributed by atoms with Crippen LogP contribution in [0.5, 0.6) is 5.75 Å². The lowest BCUT2D eigenvalue weighted by Gasteiger charge is -2.03. The van der Waals surface area contributed by atoms with Crippen molar-refractivity contribution in [2.45, 2.75) is 12.8 Å². The maximum Gasteiger partial charge on any atom is 0.363 e. The van der Waals surface area contributed by atoms with Crippen LogP contribution in [-0.4, -0.2) is 19.0 Å². The van der Waals surface area contributed by atoms with Crippen molar-refractivity contribution in [2.75, 3.05) is 7.11 Å². The van der Waals surface area contributed by atoms with Crippen molar-refractivity contribution in [2.24, 2.45) is 4.99 Å². The number of para-hydroxylation sites is 1. The molecule has 0 fully saturated rings. The molecule has 0 aromatic heterocycles. The van der Waals surface area contributed by atoms with Gasteiger partial charge < -0.3 is 9.47 Å². The van der Waals surface area contributed by atoms with E-state index in [0.717, 1.165) is 5.56 Å². The number of carbonyl (C=O) groups excluding carboxylic acids is 1. The monoisotopic (exact) mass is 325 g/mol. The molecule has 0 aliphatic carbocycles. The largest absolute Gasteiger partial charge is 0.496 e. The lowest BCUT2D eigenvalue weighted by atomic mass is 10.1. The number of halogens is 1. The summed E-state index contributed by atoms with van der Waals surface area (Å²) in [5, 5.41) is 0. The molecule has 24 heavy (non-hydrogen) atoms. The first-order chi connectivity index (χ1) is 11.7. The van der Waals surface area contributed by atoms with Crippen molar-refractivity contribution in [3.8, 4) is 5.75 Å². The molecule has 122 valence electrons. The molecular weight excluding hydrogens is 309 g/mol. The Morgan fingerprint density at radius 2 is 1.88 bits per heavy atom. The van der Waals surface area contributed by atoms with Gasteiger partial charge in [0.2, 0.25) is 0 Å². The van der Waals surface area contributed by atoms with Gasteiger partial charge >= 0.3 is 5.97 Å². The van der Waals surface area contributed by atoms with Crippen LogP contribution in [0.3, 0.4) is 0 Å². The topological polar surface area (TPSA) is 47.9 Å². The number of cyclic esters (lactones) is 1. The summed E-state index contributed by atoms with van der Waals surface area (Å²) in [6, 6.07) is 13.8. The van der Waals surface area contributed by atoms with E-state index in [4.69, 9.17) is 9.47 Å². The number of aryl methyl sites for hydroxylation is 1. The molecule has 0 saturated heterocycles. The summed E-state index contributed by atoms with van der Waals surface area (Å²) in [6.07, 6.45) is 2.40. The Balaban J connectivity index is 1.76. The fourth-order valence-electron chi connectivity index (χ4n) is 2.44. The van der Waals surface area contributed by atoms with Crippen molar-refractivity contribution < 1.29 is 18.7 Å². The average Bonchev–Trinajstić information content (AvgIpc) is 2.94. The summed E-state index contributed by atoms with van der Waals surface area (Å²) in [6.45, 7) is 0. The third kappa shape index (κ3) is 3.51. The number of methoxy groups -OCH3 is 1. The third-order valence-electron chi connectivity index (χ3n) is 3.66. The van der Waals surface area contributed by atoms with Gasteiger partial charge in [0.25, 0.3) is 0 Å². The minimum atomic E-state index is -0.510. The van der Waals surface area contributed by atoms with Gasteiger partial charge in [-0.1, -0.05) is 36.4 Å². The van der Waals surface area contributed by atoms with E-state index in [9.17, 15) is 9.18 Å². The lowest BCUT2D eigenvalue weighted by molar-refractivity contribution is -0.130. The predicted octanol–water partition coefficient (Wildman–Crippen LogP) is 3.76. The molecule has 1 aliphatic rings. The molecule has 0 bridgehead atoms. The Morgan fingerprint density at radius 1 is 1.12 bits per heavy atom. The first-order valence-corrected chi connectivity index (χ1v) is 7.55. The molecule has 0 radical (unpaired) electrons. The van der Waals surface area contributed by atoms with E-state index in [1.54, 1.807) is 37.5 Å². The Labute approximate surface area is 139 Å². The molecule has 4 nitrogen and oxygen atoms in total. The Hall–Kier alpha value is -2.95. The molecule has 1 heterocycles. The smallest absolute Gasteiger partial charge is 0.363 e. The van der Waals surface area contributed by atoms with Crippen LogP contribution in [0, 0.1) is 5.82 Å². The van der Waals surface area contributed by atoms with Gasteiger partial charge in [-0.05, 0) is 30.2 Å². The Kier molecular flexibility index (Phi) is 4.70. The van der Waals surface area contributed by atoms with Crippen LogP contribution < -0.4 is 4.74 Å². The molecule has 2 aromatic carbocycles. The molecule has 1 aliphatic heterocycles. The fourth-order valence-corrected chi connectivity index (χ4v) is 2.44. The minimum Gasteiger partial charge on any atom is -0.496 e. The normalized spacial score (nSPS) is 15.3. The number of hydrogen-bond acceptors (Lipinski definition) is 4. The van der Waals surface area contributed by atoms with E-state index >= 15 is 0 Å². The highest BCUT2D eigenvalue weighted by molar-refractivity contribution is 6.07. The number of aliphatic imine (C=N–C) groups is 1. The van der Waals surface area contributed by atoms with E-state index < -0.39 is 5.97 Å². The predicted molar refractivity (Wildman–Crippen MR) is 89.2 cm³/mol. The van der Waals surface area contributed by atoms with E-state index in [0.29, 0.717) is 30.1 Å². The second-order valence-electron chi connectivity index (χ2n) is 5.26. The highest BCUT2D eigenvalue weighted by Crippen LogP contribution is 2.24. The van der Waals surface area contributed by atoms with E-state index in [-0.39, 0.29) is 11.5 Å². The zero-order valence-corrected chi connectivity index (χ0v) is 13.2. The third-order valence-corrected chi connectivity index (χ3v) is 3.66. The molecule has 0 atom stereocenters. The van der Waals surface area contributed by atoms with Gasteiger partial charge in [0, 0.05) is 12.0 Å². The molecule has 0 amide bonds. The van der Waals surface area contributed by atoms with Crippen molar-refractivity contribution in [3.63, 3.8) is 0 Å². The van der Waals surface area contributed by atoms with Gasteiger partial charge in [-0.2, -0.15) is 0 Å². The molecule has 3 rings (SSSR count). The number of hydrogen-bond donors (Lipinski definition) is 0. The fraction of sp³-hybridized carbons (Fsp3) is 0.158. The van der Waals surface area contributed by atoms with Gasteiger partial charge in [-0.15, -0.1) is 0 Å². The van der Waals surface area contributed by atoms with Crippen LogP contribution in [0.1, 0.15) is 17.5 Å². The van der Waals surface area contributed by atoms with Gasteiger partial charge in [0.1, 0.15) is 11.6 Å². The lowest BCUT2D eigenvalue weighted by Crippen LogP contribution is -2.05. The summed E-state index contributed by atoms with van der Waals surface area (Å²) in [7, 11) is 1.56. The van der Waals surface area contributed by atoms with Gasteiger partial charge in [-0.3, -0.25) is 0 Å². The molecule has 0 saturated carbocycles. The van der Waals surface area contributed by atoms with Gasteiger partial charge in [0.15, 0.2) is 11.6 Å². The summed E-state index contributed by atoms with van der Waals surface area (Å²) >= 11 is 0. The highest BCUT2D eigenvalue weighted by Gasteiger charge is 2.23. The minimum absolute atomic E-state index is 0.211. The maximum absolute atomic E-state index is 13.6. The summed E-state index contributed by atoms with van der Waals surface area (Å²) in [5.74, 6) is 0.161. The number of nitrogens with zero attached hydrogens (tertiary/aromatic N) is 1. The van der Waals surface area contributed by atoms with Crippen molar-refractivity contribution in [1.29, 1.82) is 0 Å². The molecule has 5 heteroatoms.